The first-order valence-electron chi connectivity index (χ1n) is 7.29. The molecular formula is C18H19N3O. The molecule has 0 atom stereocenters. The van der Waals surface area contributed by atoms with Crippen LogP contribution in [0.1, 0.15) is 5.56 Å². The fourth-order valence-electron chi connectivity index (χ4n) is 2.66. The Kier molecular flexibility index (Phi) is 3.83. The van der Waals surface area contributed by atoms with Crippen molar-refractivity contribution in [3.8, 4) is 0 Å². The number of hydrogen-bond donors (Lipinski definition) is 1. The van der Waals surface area contributed by atoms with E-state index < -0.39 is 5.54 Å². The normalized spacial score (nSPS) is 18.7. The first-order chi connectivity index (χ1) is 10.7. The Hall–Kier alpha value is -2.75. The molecule has 0 unspecified atom stereocenters. The number of rotatable bonds is 4. The van der Waals surface area contributed by atoms with Crippen molar-refractivity contribution >= 4 is 5.91 Å². The van der Waals surface area contributed by atoms with Crippen LogP contribution in [0.15, 0.2) is 79.3 Å². The van der Waals surface area contributed by atoms with Crippen LogP contribution in [-0.2, 0) is 11.3 Å². The van der Waals surface area contributed by atoms with Gasteiger partial charge in [0.15, 0.2) is 5.54 Å². The Morgan fingerprint density at radius 1 is 1.09 bits per heavy atom. The van der Waals surface area contributed by atoms with Crippen LogP contribution in [0.5, 0.6) is 0 Å². The fraction of sp³-hybridized carbons (Fsp3) is 0.167. The standard InChI is InChI=1S/C18H19N3O/c19-17(22)18(21-11-5-2-6-12-21)9-13-20(14-10-18)15-16-7-3-1-4-8-16/h1-11,13-14H,12,15H2,(H2,19,22). The minimum atomic E-state index is -0.894. The summed E-state index contributed by atoms with van der Waals surface area (Å²) in [5.41, 5.74) is 5.99. The van der Waals surface area contributed by atoms with Gasteiger partial charge in [0.1, 0.15) is 0 Å². The van der Waals surface area contributed by atoms with Gasteiger partial charge in [0, 0.05) is 31.7 Å². The van der Waals surface area contributed by atoms with E-state index in [1.165, 1.54) is 5.56 Å². The predicted molar refractivity (Wildman–Crippen MR) is 87.2 cm³/mol. The Morgan fingerprint density at radius 3 is 2.41 bits per heavy atom. The minimum Gasteiger partial charge on any atom is -0.367 e. The number of carbonyl (C=O) groups is 1. The molecule has 1 aromatic carbocycles. The first kappa shape index (κ1) is 14.2. The second kappa shape index (κ2) is 5.93. The predicted octanol–water partition coefficient (Wildman–Crippen LogP) is 2.14. The number of carbonyl (C=O) groups excluding carboxylic acids is 1. The SMILES string of the molecule is NC(=O)C1(N2C=CC=CC2)C=CN(Cc2ccccc2)C=C1. The molecular weight excluding hydrogens is 274 g/mol. The highest BCUT2D eigenvalue weighted by Gasteiger charge is 2.38. The van der Waals surface area contributed by atoms with Gasteiger partial charge in [-0.25, -0.2) is 0 Å². The third-order valence-corrected chi connectivity index (χ3v) is 3.93. The average Bonchev–Trinajstić information content (AvgIpc) is 2.57. The molecule has 0 radical (unpaired) electrons. The van der Waals surface area contributed by atoms with Gasteiger partial charge < -0.3 is 15.5 Å². The van der Waals surface area contributed by atoms with Gasteiger partial charge in [0.05, 0.1) is 0 Å². The number of benzene rings is 1. The molecule has 0 bridgehead atoms. The monoisotopic (exact) mass is 293 g/mol. The van der Waals surface area contributed by atoms with E-state index in [4.69, 9.17) is 5.73 Å². The van der Waals surface area contributed by atoms with Crippen LogP contribution in [0, 0.1) is 0 Å². The molecule has 0 aliphatic carbocycles. The van der Waals surface area contributed by atoms with Crippen molar-refractivity contribution in [2.24, 2.45) is 5.73 Å². The van der Waals surface area contributed by atoms with Gasteiger partial charge in [0.25, 0.3) is 5.91 Å². The summed E-state index contributed by atoms with van der Waals surface area (Å²) >= 11 is 0. The molecule has 0 spiro atoms. The van der Waals surface area contributed by atoms with Crippen LogP contribution in [0.2, 0.25) is 0 Å². The van der Waals surface area contributed by atoms with Crippen LogP contribution in [-0.4, -0.2) is 27.8 Å². The Labute approximate surface area is 130 Å². The number of allylic oxidation sites excluding steroid dienone is 2. The molecule has 0 fully saturated rings. The van der Waals surface area contributed by atoms with Crippen molar-refractivity contribution < 1.29 is 4.79 Å². The second-order valence-electron chi connectivity index (χ2n) is 5.40. The van der Waals surface area contributed by atoms with E-state index in [0.717, 1.165) is 6.54 Å². The molecule has 1 aromatic rings. The van der Waals surface area contributed by atoms with Gasteiger partial charge in [0.2, 0.25) is 0 Å². The lowest BCUT2D eigenvalue weighted by Crippen LogP contribution is -2.54. The average molecular weight is 293 g/mol. The van der Waals surface area contributed by atoms with E-state index in [-0.39, 0.29) is 5.91 Å². The summed E-state index contributed by atoms with van der Waals surface area (Å²) in [6, 6.07) is 10.2. The van der Waals surface area contributed by atoms with Crippen molar-refractivity contribution in [1.29, 1.82) is 0 Å². The lowest BCUT2D eigenvalue weighted by molar-refractivity contribution is -0.123. The van der Waals surface area contributed by atoms with Gasteiger partial charge in [-0.05, 0) is 23.8 Å². The molecule has 0 aromatic heterocycles. The highest BCUT2D eigenvalue weighted by Crippen LogP contribution is 2.26. The Balaban J connectivity index is 1.78. The van der Waals surface area contributed by atoms with E-state index in [0.29, 0.717) is 6.54 Å². The van der Waals surface area contributed by atoms with Crippen LogP contribution in [0.25, 0.3) is 0 Å². The molecule has 0 saturated carbocycles. The summed E-state index contributed by atoms with van der Waals surface area (Å²) in [6.07, 6.45) is 15.3. The zero-order chi connectivity index (χ0) is 15.4. The van der Waals surface area contributed by atoms with Crippen molar-refractivity contribution in [1.82, 2.24) is 9.80 Å². The molecule has 112 valence electrons. The Morgan fingerprint density at radius 2 is 1.82 bits per heavy atom. The van der Waals surface area contributed by atoms with Crippen LogP contribution < -0.4 is 5.73 Å². The summed E-state index contributed by atoms with van der Waals surface area (Å²) < 4.78 is 0. The lowest BCUT2D eigenvalue weighted by Gasteiger charge is -2.39. The molecule has 2 heterocycles. The van der Waals surface area contributed by atoms with Crippen molar-refractivity contribution in [3.05, 3.63) is 84.9 Å². The van der Waals surface area contributed by atoms with Crippen molar-refractivity contribution in [2.75, 3.05) is 6.54 Å². The molecule has 3 rings (SSSR count). The molecule has 1 amide bonds. The zero-order valence-corrected chi connectivity index (χ0v) is 12.3. The summed E-state index contributed by atoms with van der Waals surface area (Å²) in [6.45, 7) is 1.42. The third kappa shape index (κ3) is 2.68. The van der Waals surface area contributed by atoms with Crippen LogP contribution in [0.4, 0.5) is 0 Å². The quantitative estimate of drug-likeness (QED) is 0.925. The molecule has 4 heteroatoms. The number of nitrogens with zero attached hydrogens (tertiary/aromatic N) is 2. The van der Waals surface area contributed by atoms with Gasteiger partial charge in [-0.2, -0.15) is 0 Å². The van der Waals surface area contributed by atoms with E-state index in [2.05, 4.69) is 12.1 Å². The molecule has 4 nitrogen and oxygen atoms in total. The van der Waals surface area contributed by atoms with Gasteiger partial charge in [-0.1, -0.05) is 42.5 Å². The van der Waals surface area contributed by atoms with Crippen LogP contribution >= 0.6 is 0 Å². The lowest BCUT2D eigenvalue weighted by atomic mass is 9.93. The first-order valence-corrected chi connectivity index (χ1v) is 7.29. The highest BCUT2D eigenvalue weighted by molar-refractivity contribution is 5.90. The summed E-state index contributed by atoms with van der Waals surface area (Å²) in [5, 5.41) is 0. The summed E-state index contributed by atoms with van der Waals surface area (Å²) in [5.74, 6) is -0.376. The van der Waals surface area contributed by atoms with E-state index in [1.54, 1.807) is 0 Å². The topological polar surface area (TPSA) is 49.6 Å². The fourth-order valence-corrected chi connectivity index (χ4v) is 2.66. The number of hydrogen-bond acceptors (Lipinski definition) is 3. The molecule has 22 heavy (non-hydrogen) atoms. The Bertz CT molecular complexity index is 644. The van der Waals surface area contributed by atoms with E-state index in [9.17, 15) is 4.79 Å². The van der Waals surface area contributed by atoms with Crippen LogP contribution in [0.3, 0.4) is 0 Å². The van der Waals surface area contributed by atoms with E-state index >= 15 is 0 Å². The molecule has 2 N–H and O–H groups in total. The molecule has 2 aliphatic rings. The van der Waals surface area contributed by atoms with Crippen molar-refractivity contribution in [3.63, 3.8) is 0 Å². The maximum Gasteiger partial charge on any atom is 0.251 e. The molecule has 0 saturated heterocycles. The summed E-state index contributed by atoms with van der Waals surface area (Å²) in [7, 11) is 0. The largest absolute Gasteiger partial charge is 0.367 e. The van der Waals surface area contributed by atoms with E-state index in [1.807, 2.05) is 77.0 Å². The smallest absolute Gasteiger partial charge is 0.251 e. The maximum atomic E-state index is 12.0. The third-order valence-electron chi connectivity index (χ3n) is 3.93. The van der Waals surface area contributed by atoms with Gasteiger partial charge in [-0.3, -0.25) is 4.79 Å². The summed E-state index contributed by atoms with van der Waals surface area (Å²) in [4.78, 5) is 16.0. The zero-order valence-electron chi connectivity index (χ0n) is 12.3. The van der Waals surface area contributed by atoms with Gasteiger partial charge >= 0.3 is 0 Å². The number of nitrogens with two attached hydrogens (primary N) is 1. The molecule has 2 aliphatic heterocycles. The minimum absolute atomic E-state index is 0.376. The maximum absolute atomic E-state index is 12.0. The van der Waals surface area contributed by atoms with Gasteiger partial charge in [-0.15, -0.1) is 0 Å². The number of amides is 1. The second-order valence-corrected chi connectivity index (χ2v) is 5.40. The highest BCUT2D eigenvalue weighted by atomic mass is 16.1. The van der Waals surface area contributed by atoms with Crippen molar-refractivity contribution in [2.45, 2.75) is 12.1 Å². The number of primary amides is 1.